The maximum absolute atomic E-state index is 12.1. The lowest BCUT2D eigenvalue weighted by molar-refractivity contribution is -0.126. The van der Waals surface area contributed by atoms with Gasteiger partial charge in [0.05, 0.1) is 19.4 Å². The van der Waals surface area contributed by atoms with Gasteiger partial charge in [0, 0.05) is 10.2 Å². The normalized spacial score (nSPS) is 10.6. The van der Waals surface area contributed by atoms with Crippen molar-refractivity contribution in [3.05, 3.63) is 82.3 Å². The summed E-state index contributed by atoms with van der Waals surface area (Å²) in [5.74, 6) is 0.901. The number of hydrogen-bond acceptors (Lipinski definition) is 6. The van der Waals surface area contributed by atoms with Crippen LogP contribution in [0.1, 0.15) is 31.4 Å². The largest absolute Gasteiger partial charge is 0.494 e. The van der Waals surface area contributed by atoms with Crippen molar-refractivity contribution in [3.8, 4) is 17.2 Å². The second-order valence-corrected chi connectivity index (χ2v) is 8.45. The highest BCUT2D eigenvalue weighted by atomic mass is 79.9. The van der Waals surface area contributed by atoms with Gasteiger partial charge in [-0.05, 0) is 79.6 Å². The Morgan fingerprint density at radius 3 is 2.28 bits per heavy atom. The van der Waals surface area contributed by atoms with Gasteiger partial charge >= 0.3 is 0 Å². The Labute approximate surface area is 218 Å². The van der Waals surface area contributed by atoms with Crippen molar-refractivity contribution in [2.75, 3.05) is 18.5 Å². The number of nitrogens with zero attached hydrogens (tertiary/aromatic N) is 1. The Balaban J connectivity index is 1.50. The van der Waals surface area contributed by atoms with Crippen molar-refractivity contribution in [3.63, 3.8) is 0 Å². The van der Waals surface area contributed by atoms with Crippen molar-refractivity contribution in [2.45, 2.75) is 26.9 Å². The summed E-state index contributed by atoms with van der Waals surface area (Å²) >= 11 is 3.42. The maximum Gasteiger partial charge on any atom is 0.249 e. The molecule has 3 aromatic rings. The standard InChI is InChI=1S/C27H28BrN3O5/c1-3-34-23-12-10-22(11-13-23)30-26(32)16-27(33)31-29-17-20-7-14-24(25(15-20)35-4-2)36-18-19-5-8-21(28)9-6-19/h5-15,17H,3-4,16,18H2,1-2H3,(H,30,32)(H,31,33). The molecule has 0 radical (unpaired) electrons. The highest BCUT2D eigenvalue weighted by molar-refractivity contribution is 9.10. The SMILES string of the molecule is CCOc1ccc(NC(=O)CC(=O)NN=Cc2ccc(OCc3ccc(Br)cc3)c(OCC)c2)cc1. The summed E-state index contributed by atoms with van der Waals surface area (Å²) in [6.45, 7) is 5.21. The first-order valence-corrected chi connectivity index (χ1v) is 12.2. The first-order valence-electron chi connectivity index (χ1n) is 11.5. The van der Waals surface area contributed by atoms with Crippen LogP contribution >= 0.6 is 15.9 Å². The summed E-state index contributed by atoms with van der Waals surface area (Å²) < 4.78 is 18.0. The molecule has 8 nitrogen and oxygen atoms in total. The lowest BCUT2D eigenvalue weighted by atomic mass is 10.2. The van der Waals surface area contributed by atoms with Crippen molar-refractivity contribution in [1.29, 1.82) is 0 Å². The van der Waals surface area contributed by atoms with Crippen LogP contribution in [0, 0.1) is 0 Å². The molecule has 0 aliphatic rings. The minimum atomic E-state index is -0.533. The van der Waals surface area contributed by atoms with Crippen LogP contribution in [-0.2, 0) is 16.2 Å². The molecule has 0 fully saturated rings. The van der Waals surface area contributed by atoms with E-state index < -0.39 is 11.8 Å². The van der Waals surface area contributed by atoms with Crippen LogP contribution in [0.25, 0.3) is 0 Å². The van der Waals surface area contributed by atoms with Gasteiger partial charge in [-0.1, -0.05) is 28.1 Å². The van der Waals surface area contributed by atoms with E-state index in [0.29, 0.717) is 48.3 Å². The van der Waals surface area contributed by atoms with Crippen LogP contribution in [0.2, 0.25) is 0 Å². The number of nitrogens with one attached hydrogen (secondary N) is 2. The molecular weight excluding hydrogens is 526 g/mol. The quantitative estimate of drug-likeness (QED) is 0.180. The number of carbonyl (C=O) groups excluding carboxylic acids is 2. The van der Waals surface area contributed by atoms with E-state index in [1.807, 2.05) is 38.1 Å². The number of ether oxygens (including phenoxy) is 3. The van der Waals surface area contributed by atoms with E-state index in [0.717, 1.165) is 10.0 Å². The molecule has 0 spiro atoms. The molecule has 0 heterocycles. The second-order valence-electron chi connectivity index (χ2n) is 7.53. The van der Waals surface area contributed by atoms with Gasteiger partial charge in [0.15, 0.2) is 11.5 Å². The van der Waals surface area contributed by atoms with Gasteiger partial charge in [-0.3, -0.25) is 9.59 Å². The minimum Gasteiger partial charge on any atom is -0.494 e. The fourth-order valence-corrected chi connectivity index (χ4v) is 3.37. The van der Waals surface area contributed by atoms with Gasteiger partial charge in [0.1, 0.15) is 18.8 Å². The summed E-state index contributed by atoms with van der Waals surface area (Å²) in [4.78, 5) is 24.2. The lowest BCUT2D eigenvalue weighted by Gasteiger charge is -2.12. The van der Waals surface area contributed by atoms with Crippen LogP contribution in [0.5, 0.6) is 17.2 Å². The monoisotopic (exact) mass is 553 g/mol. The molecular formula is C27H28BrN3O5. The van der Waals surface area contributed by atoms with Gasteiger partial charge in [-0.15, -0.1) is 0 Å². The number of hydrazone groups is 1. The predicted octanol–water partition coefficient (Wildman–Crippen LogP) is 5.30. The van der Waals surface area contributed by atoms with E-state index in [-0.39, 0.29) is 6.42 Å². The number of halogens is 1. The average Bonchev–Trinajstić information content (AvgIpc) is 2.86. The zero-order valence-electron chi connectivity index (χ0n) is 20.1. The van der Waals surface area contributed by atoms with Crippen molar-refractivity contribution in [2.24, 2.45) is 5.10 Å². The van der Waals surface area contributed by atoms with Crippen LogP contribution in [0.4, 0.5) is 5.69 Å². The number of carbonyl (C=O) groups is 2. The molecule has 0 atom stereocenters. The van der Waals surface area contributed by atoms with Gasteiger partial charge in [0.25, 0.3) is 0 Å². The van der Waals surface area contributed by atoms with Crippen LogP contribution < -0.4 is 25.0 Å². The molecule has 188 valence electrons. The molecule has 2 N–H and O–H groups in total. The lowest BCUT2D eigenvalue weighted by Crippen LogP contribution is -2.24. The summed E-state index contributed by atoms with van der Waals surface area (Å²) in [7, 11) is 0. The smallest absolute Gasteiger partial charge is 0.249 e. The van der Waals surface area contributed by atoms with Crippen LogP contribution in [-0.4, -0.2) is 31.2 Å². The summed E-state index contributed by atoms with van der Waals surface area (Å²) in [6, 6.07) is 20.1. The number of hydrogen-bond donors (Lipinski definition) is 2. The van der Waals surface area contributed by atoms with E-state index >= 15 is 0 Å². The maximum atomic E-state index is 12.1. The van der Waals surface area contributed by atoms with E-state index in [2.05, 4.69) is 31.8 Å². The Kier molecular flexibility index (Phi) is 10.3. The van der Waals surface area contributed by atoms with Gasteiger partial charge < -0.3 is 19.5 Å². The van der Waals surface area contributed by atoms with E-state index in [1.165, 1.54) is 6.21 Å². The number of rotatable bonds is 12. The minimum absolute atomic E-state index is 0.364. The average molecular weight is 554 g/mol. The molecule has 0 aliphatic carbocycles. The zero-order valence-corrected chi connectivity index (χ0v) is 21.7. The third kappa shape index (κ3) is 8.74. The highest BCUT2D eigenvalue weighted by Crippen LogP contribution is 2.29. The first-order chi connectivity index (χ1) is 17.5. The molecule has 0 aromatic heterocycles. The third-order valence-corrected chi connectivity index (χ3v) is 5.28. The molecule has 0 saturated carbocycles. The molecule has 0 unspecified atom stereocenters. The molecule has 3 aromatic carbocycles. The fourth-order valence-electron chi connectivity index (χ4n) is 3.10. The topological polar surface area (TPSA) is 98.2 Å². The predicted molar refractivity (Wildman–Crippen MR) is 143 cm³/mol. The number of amides is 2. The van der Waals surface area contributed by atoms with E-state index in [9.17, 15) is 9.59 Å². The van der Waals surface area contributed by atoms with Gasteiger partial charge in [0.2, 0.25) is 11.8 Å². The van der Waals surface area contributed by atoms with Crippen LogP contribution in [0.15, 0.2) is 76.3 Å². The Hall–Kier alpha value is -3.85. The highest BCUT2D eigenvalue weighted by Gasteiger charge is 2.10. The van der Waals surface area contributed by atoms with Crippen molar-refractivity contribution >= 4 is 39.6 Å². The molecule has 0 bridgehead atoms. The fraction of sp³-hybridized carbons (Fsp3) is 0.222. The van der Waals surface area contributed by atoms with E-state index in [4.69, 9.17) is 14.2 Å². The molecule has 2 amide bonds. The number of benzene rings is 3. The zero-order chi connectivity index (χ0) is 25.8. The molecule has 3 rings (SSSR count). The van der Waals surface area contributed by atoms with Gasteiger partial charge in [-0.25, -0.2) is 5.43 Å². The summed E-state index contributed by atoms with van der Waals surface area (Å²) in [5.41, 5.74) is 4.67. The summed E-state index contributed by atoms with van der Waals surface area (Å²) in [6.07, 6.45) is 1.11. The number of anilines is 1. The Morgan fingerprint density at radius 1 is 0.861 bits per heavy atom. The van der Waals surface area contributed by atoms with Crippen molar-refractivity contribution < 1.29 is 23.8 Å². The van der Waals surface area contributed by atoms with Crippen LogP contribution in [0.3, 0.4) is 0 Å². The van der Waals surface area contributed by atoms with Crippen molar-refractivity contribution in [1.82, 2.24) is 5.43 Å². The molecule has 36 heavy (non-hydrogen) atoms. The Bertz CT molecular complexity index is 1180. The first kappa shape index (κ1) is 26.7. The molecule has 0 saturated heterocycles. The second kappa shape index (κ2) is 13.9. The molecule has 9 heteroatoms. The summed E-state index contributed by atoms with van der Waals surface area (Å²) in [5, 5.41) is 6.61. The Morgan fingerprint density at radius 2 is 1.58 bits per heavy atom. The third-order valence-electron chi connectivity index (χ3n) is 4.75. The van der Waals surface area contributed by atoms with E-state index in [1.54, 1.807) is 42.5 Å². The van der Waals surface area contributed by atoms with Gasteiger partial charge in [-0.2, -0.15) is 5.10 Å². The molecule has 0 aliphatic heterocycles.